The van der Waals surface area contributed by atoms with Gasteiger partial charge in [-0.25, -0.2) is 4.98 Å². The topological polar surface area (TPSA) is 28.7 Å². The first-order valence-electron chi connectivity index (χ1n) is 1.38. The molecule has 6 heavy (non-hydrogen) atoms. The lowest BCUT2D eigenvalue weighted by Gasteiger charge is -1.51. The minimum Gasteiger partial charge on any atom is -0.285 e. The molecule has 0 saturated carbocycles. The Hall–Kier alpha value is -0.220. The van der Waals surface area contributed by atoms with Crippen molar-refractivity contribution < 1.29 is 0 Å². The van der Waals surface area contributed by atoms with Gasteiger partial charge >= 0.3 is 0 Å². The average Bonchev–Trinajstić information content (AvgIpc) is 1.86. The maximum Gasteiger partial charge on any atom is 0.207 e. The van der Waals surface area contributed by atoms with Gasteiger partial charge in [0.1, 0.15) is 0 Å². The Morgan fingerprint density at radius 1 is 2.00 bits per heavy atom. The van der Waals surface area contributed by atoms with Crippen LogP contribution in [-0.4, -0.2) is 9.36 Å². The maximum absolute atomic E-state index is 4.59. The van der Waals surface area contributed by atoms with Crippen molar-refractivity contribution in [2.45, 2.75) is 0 Å². The van der Waals surface area contributed by atoms with E-state index in [2.05, 4.69) is 21.6 Å². The van der Waals surface area contributed by atoms with Crippen LogP contribution in [0.2, 0.25) is 0 Å². The molecule has 32 valence electrons. The van der Waals surface area contributed by atoms with E-state index in [-0.39, 0.29) is 0 Å². The monoisotopic (exact) mass is 118 g/mol. The maximum atomic E-state index is 4.59. The number of H-pyrrole nitrogens is 1. The molecule has 0 spiro atoms. The molecule has 2 nitrogen and oxygen atoms in total. The minimum atomic E-state index is 0.569. The second kappa shape index (κ2) is 1.49. The highest BCUT2D eigenvalue weighted by atomic mass is 32.1. The summed E-state index contributed by atoms with van der Waals surface area (Å²) in [6.45, 7) is 0. The minimum absolute atomic E-state index is 0.569. The second-order valence-electron chi connectivity index (χ2n) is 0.760. The lowest BCUT2D eigenvalue weighted by Crippen LogP contribution is -1.54. The third-order valence-corrected chi connectivity index (χ3v) is 1.23. The summed E-state index contributed by atoms with van der Waals surface area (Å²) in [6, 6.07) is 0. The Morgan fingerprint density at radius 2 is 2.83 bits per heavy atom. The normalized spacial score (nSPS) is 8.67. The number of hydrogen-bond donors (Lipinski definition) is 1. The van der Waals surface area contributed by atoms with Gasteiger partial charge < -0.3 is 0 Å². The van der Waals surface area contributed by atoms with Gasteiger partial charge in [-0.3, -0.25) is 4.37 Å². The van der Waals surface area contributed by atoms with Crippen LogP contribution >= 0.6 is 23.8 Å². The van der Waals surface area contributed by atoms with Crippen LogP contribution in [0.3, 0.4) is 0 Å². The fourth-order valence-corrected chi connectivity index (χ4v) is 0.805. The van der Waals surface area contributed by atoms with Crippen LogP contribution < -0.4 is 0 Å². The van der Waals surface area contributed by atoms with Crippen LogP contribution in [0.4, 0.5) is 0 Å². The van der Waals surface area contributed by atoms with Gasteiger partial charge in [0.15, 0.2) is 0 Å². The first kappa shape index (κ1) is 3.95. The van der Waals surface area contributed by atoms with Crippen LogP contribution in [0.25, 0.3) is 0 Å². The number of nitrogens with zero attached hydrogens (tertiary/aromatic N) is 1. The Morgan fingerprint density at radius 3 is 3.00 bits per heavy atom. The van der Waals surface area contributed by atoms with Gasteiger partial charge in [-0.05, 0) is 23.8 Å². The molecule has 1 aromatic rings. The molecule has 0 saturated heterocycles. The molecule has 0 amide bonds. The van der Waals surface area contributed by atoms with Crippen molar-refractivity contribution >= 4 is 23.8 Å². The molecule has 0 aromatic carbocycles. The Balaban J connectivity index is 3.41. The summed E-state index contributed by atoms with van der Waals surface area (Å²) < 4.78 is 3.31. The van der Waals surface area contributed by atoms with Crippen molar-refractivity contribution in [2.75, 3.05) is 0 Å². The zero-order valence-corrected chi connectivity index (χ0v) is 4.47. The largest absolute Gasteiger partial charge is 0.285 e. The molecule has 0 aliphatic rings. The highest BCUT2D eigenvalue weighted by molar-refractivity contribution is 7.71. The van der Waals surface area contributed by atoms with Crippen molar-refractivity contribution in [3.8, 4) is 0 Å². The van der Waals surface area contributed by atoms with E-state index in [0.717, 1.165) is 0 Å². The molecular weight excluding hydrogens is 116 g/mol. The van der Waals surface area contributed by atoms with Gasteiger partial charge in [0.2, 0.25) is 4.77 Å². The highest BCUT2D eigenvalue weighted by Gasteiger charge is 1.68. The van der Waals surface area contributed by atoms with E-state index in [1.54, 1.807) is 5.51 Å². The quantitative estimate of drug-likeness (QED) is 0.518. The molecular formula is C2H2N2S2. The summed E-state index contributed by atoms with van der Waals surface area (Å²) in [7, 11) is 0. The Kier molecular flexibility index (Phi) is 0.979. The van der Waals surface area contributed by atoms with Gasteiger partial charge in [-0.2, -0.15) is 0 Å². The van der Waals surface area contributed by atoms with Crippen LogP contribution in [0, 0.1) is 4.77 Å². The molecule has 0 unspecified atom stereocenters. The molecule has 0 atom stereocenters. The summed E-state index contributed by atoms with van der Waals surface area (Å²) in [5.41, 5.74) is 1.67. The molecule has 0 bridgehead atoms. The second-order valence-corrected chi connectivity index (χ2v) is 1.80. The summed E-state index contributed by atoms with van der Waals surface area (Å²) in [5.74, 6) is 0. The molecule has 0 radical (unpaired) electrons. The predicted molar refractivity (Wildman–Crippen MR) is 27.3 cm³/mol. The summed E-state index contributed by atoms with van der Waals surface area (Å²) in [4.78, 5) is 3.69. The van der Waals surface area contributed by atoms with Crippen LogP contribution in [0.5, 0.6) is 0 Å². The van der Waals surface area contributed by atoms with Crippen molar-refractivity contribution in [1.82, 2.24) is 9.36 Å². The van der Waals surface area contributed by atoms with E-state index in [0.29, 0.717) is 4.77 Å². The molecule has 1 heterocycles. The highest BCUT2D eigenvalue weighted by Crippen LogP contribution is 1.83. The van der Waals surface area contributed by atoms with E-state index in [1.165, 1.54) is 11.5 Å². The molecule has 0 fully saturated rings. The van der Waals surface area contributed by atoms with E-state index >= 15 is 0 Å². The van der Waals surface area contributed by atoms with Crippen molar-refractivity contribution in [2.24, 2.45) is 0 Å². The summed E-state index contributed by atoms with van der Waals surface area (Å²) >= 11 is 5.99. The Bertz CT molecular complexity index is 147. The first-order chi connectivity index (χ1) is 2.89. The third kappa shape index (κ3) is 0.636. The third-order valence-electron chi connectivity index (χ3n) is 0.369. The van der Waals surface area contributed by atoms with E-state index < -0.39 is 0 Å². The number of aromatic amines is 1. The van der Waals surface area contributed by atoms with E-state index in [4.69, 9.17) is 0 Å². The fourth-order valence-electron chi connectivity index (χ4n) is 0.177. The Labute approximate surface area is 44.0 Å². The van der Waals surface area contributed by atoms with Crippen LogP contribution in [0.15, 0.2) is 5.51 Å². The average molecular weight is 118 g/mol. The van der Waals surface area contributed by atoms with Gasteiger partial charge in [-0.15, -0.1) is 0 Å². The van der Waals surface area contributed by atoms with Crippen molar-refractivity contribution in [3.05, 3.63) is 10.3 Å². The van der Waals surface area contributed by atoms with Crippen molar-refractivity contribution in [1.29, 1.82) is 0 Å². The molecule has 1 rings (SSSR count). The number of hydrogen-bond acceptors (Lipinski definition) is 3. The molecule has 0 aliphatic carbocycles. The molecule has 1 aromatic heterocycles. The smallest absolute Gasteiger partial charge is 0.207 e. The number of rotatable bonds is 0. The molecule has 4 heteroatoms. The van der Waals surface area contributed by atoms with Gasteiger partial charge in [0, 0.05) is 0 Å². The summed E-state index contributed by atoms with van der Waals surface area (Å²) in [6.07, 6.45) is 0. The van der Waals surface area contributed by atoms with Crippen LogP contribution in [0.1, 0.15) is 0 Å². The fraction of sp³-hybridized carbons (Fsp3) is 0. The SMILES string of the molecule is S=c1ncs[nH]1. The number of nitrogens with one attached hydrogen (secondary N) is 1. The van der Waals surface area contributed by atoms with E-state index in [9.17, 15) is 0 Å². The zero-order chi connectivity index (χ0) is 4.41. The summed E-state index contributed by atoms with van der Waals surface area (Å²) in [5, 5.41) is 0. The number of aromatic nitrogens is 2. The zero-order valence-electron chi connectivity index (χ0n) is 2.84. The molecule has 0 aliphatic heterocycles. The van der Waals surface area contributed by atoms with Crippen molar-refractivity contribution in [3.63, 3.8) is 0 Å². The predicted octanol–water partition coefficient (Wildman–Crippen LogP) is 1.20. The van der Waals surface area contributed by atoms with E-state index in [1.807, 2.05) is 0 Å². The van der Waals surface area contributed by atoms with Gasteiger partial charge in [-0.1, -0.05) is 0 Å². The lowest BCUT2D eigenvalue weighted by atomic mass is 11.3. The standard InChI is InChI=1S/C2H2N2S2/c5-2-3-1-6-4-2/h1H,(H,4,5). The lowest BCUT2D eigenvalue weighted by molar-refractivity contribution is 1.29. The van der Waals surface area contributed by atoms with Gasteiger partial charge in [0.05, 0.1) is 5.51 Å². The molecule has 1 N–H and O–H groups in total. The van der Waals surface area contributed by atoms with Crippen LogP contribution in [-0.2, 0) is 0 Å². The first-order valence-corrected chi connectivity index (χ1v) is 2.66. The van der Waals surface area contributed by atoms with Gasteiger partial charge in [0.25, 0.3) is 0 Å².